The van der Waals surface area contributed by atoms with E-state index >= 15 is 0 Å². The average molecular weight is 256 g/mol. The molecule has 18 heavy (non-hydrogen) atoms. The topological polar surface area (TPSA) is 69.6 Å². The van der Waals surface area contributed by atoms with Gasteiger partial charge in [0.05, 0.1) is 0 Å². The van der Waals surface area contributed by atoms with Gasteiger partial charge in [-0.15, -0.1) is 6.58 Å². The summed E-state index contributed by atoms with van der Waals surface area (Å²) in [5.41, 5.74) is 0. The van der Waals surface area contributed by atoms with Gasteiger partial charge < -0.3 is 15.3 Å². The van der Waals surface area contributed by atoms with Gasteiger partial charge in [0.1, 0.15) is 6.04 Å². The van der Waals surface area contributed by atoms with Crippen molar-refractivity contribution >= 4 is 12.0 Å². The molecule has 0 saturated heterocycles. The second kappa shape index (κ2) is 8.55. The van der Waals surface area contributed by atoms with Gasteiger partial charge in [0.25, 0.3) is 0 Å². The number of carbonyl (C=O) groups excluding carboxylic acids is 1. The van der Waals surface area contributed by atoms with Crippen LogP contribution in [-0.4, -0.2) is 41.1 Å². The number of hydrogen-bond acceptors (Lipinski definition) is 2. The smallest absolute Gasteiger partial charge is 0.326 e. The summed E-state index contributed by atoms with van der Waals surface area (Å²) in [4.78, 5) is 24.6. The van der Waals surface area contributed by atoms with E-state index in [1.165, 1.54) is 0 Å². The molecule has 0 bridgehead atoms. The van der Waals surface area contributed by atoms with Crippen LogP contribution in [0.3, 0.4) is 0 Å². The summed E-state index contributed by atoms with van der Waals surface area (Å²) in [5.74, 6) is -1.09. The van der Waals surface area contributed by atoms with Crippen LogP contribution in [0.2, 0.25) is 0 Å². The molecule has 0 saturated carbocycles. The van der Waals surface area contributed by atoms with Crippen LogP contribution in [0.1, 0.15) is 33.6 Å². The molecule has 0 aromatic heterocycles. The Hall–Kier alpha value is -1.52. The van der Waals surface area contributed by atoms with E-state index in [-0.39, 0.29) is 11.9 Å². The standard InChI is InChI=1S/C13H24N2O3/c1-5-8-15(9-6-2)13(18)14-11(12(16)17)10(4)7-3/h5,10-11H,1,6-9H2,2-4H3,(H,14,18)(H,16,17)/t10-,11-/m0/s1. The van der Waals surface area contributed by atoms with E-state index in [0.717, 1.165) is 6.42 Å². The molecule has 0 unspecified atom stereocenters. The maximum absolute atomic E-state index is 12.0. The van der Waals surface area contributed by atoms with Crippen LogP contribution in [0, 0.1) is 5.92 Å². The summed E-state index contributed by atoms with van der Waals surface area (Å²) >= 11 is 0. The normalized spacial score (nSPS) is 13.5. The predicted octanol–water partition coefficient (Wildman–Crippen LogP) is 2.09. The molecule has 0 heterocycles. The van der Waals surface area contributed by atoms with E-state index < -0.39 is 12.0 Å². The highest BCUT2D eigenvalue weighted by Gasteiger charge is 2.26. The second-order valence-corrected chi connectivity index (χ2v) is 4.39. The number of hydrogen-bond donors (Lipinski definition) is 2. The Morgan fingerprint density at radius 3 is 2.44 bits per heavy atom. The van der Waals surface area contributed by atoms with Crippen molar-refractivity contribution in [3.8, 4) is 0 Å². The summed E-state index contributed by atoms with van der Waals surface area (Å²) < 4.78 is 0. The Morgan fingerprint density at radius 2 is 2.06 bits per heavy atom. The first-order chi connectivity index (χ1) is 8.47. The lowest BCUT2D eigenvalue weighted by Gasteiger charge is -2.26. The van der Waals surface area contributed by atoms with Crippen molar-refractivity contribution in [2.24, 2.45) is 5.92 Å². The number of nitrogens with one attached hydrogen (secondary N) is 1. The first-order valence-electron chi connectivity index (χ1n) is 6.36. The molecule has 5 nitrogen and oxygen atoms in total. The van der Waals surface area contributed by atoms with Crippen molar-refractivity contribution in [2.75, 3.05) is 13.1 Å². The molecular formula is C13H24N2O3. The van der Waals surface area contributed by atoms with Gasteiger partial charge in [-0.05, 0) is 12.3 Å². The molecular weight excluding hydrogens is 232 g/mol. The molecule has 0 spiro atoms. The summed E-state index contributed by atoms with van der Waals surface area (Å²) in [7, 11) is 0. The number of nitrogens with zero attached hydrogens (tertiary/aromatic N) is 1. The van der Waals surface area contributed by atoms with Crippen LogP contribution >= 0.6 is 0 Å². The summed E-state index contributed by atoms with van der Waals surface area (Å²) in [6.07, 6.45) is 3.16. The number of aliphatic carboxylic acids is 1. The zero-order valence-electron chi connectivity index (χ0n) is 11.5. The first-order valence-corrected chi connectivity index (χ1v) is 6.36. The van der Waals surface area contributed by atoms with Gasteiger partial charge in [0.2, 0.25) is 0 Å². The van der Waals surface area contributed by atoms with Gasteiger partial charge in [-0.1, -0.05) is 33.3 Å². The molecule has 2 atom stereocenters. The molecule has 5 heteroatoms. The van der Waals surface area contributed by atoms with Crippen molar-refractivity contribution in [2.45, 2.75) is 39.7 Å². The summed E-state index contributed by atoms with van der Waals surface area (Å²) in [6, 6.07) is -1.18. The zero-order chi connectivity index (χ0) is 14.1. The van der Waals surface area contributed by atoms with Crippen LogP contribution in [0.4, 0.5) is 4.79 Å². The third-order valence-electron chi connectivity index (χ3n) is 2.89. The van der Waals surface area contributed by atoms with Gasteiger partial charge in [-0.3, -0.25) is 0 Å². The van der Waals surface area contributed by atoms with E-state index in [9.17, 15) is 9.59 Å². The fraction of sp³-hybridized carbons (Fsp3) is 0.692. The molecule has 0 aliphatic carbocycles. The van der Waals surface area contributed by atoms with Crippen LogP contribution in [0.15, 0.2) is 12.7 Å². The van der Waals surface area contributed by atoms with Crippen LogP contribution in [-0.2, 0) is 4.79 Å². The van der Waals surface area contributed by atoms with E-state index in [0.29, 0.717) is 19.5 Å². The maximum atomic E-state index is 12.0. The molecule has 0 aliphatic rings. The minimum Gasteiger partial charge on any atom is -0.480 e. The van der Waals surface area contributed by atoms with Crippen LogP contribution < -0.4 is 5.32 Å². The van der Waals surface area contributed by atoms with E-state index in [1.807, 2.05) is 20.8 Å². The van der Waals surface area contributed by atoms with Gasteiger partial charge in [-0.2, -0.15) is 0 Å². The fourth-order valence-electron chi connectivity index (χ4n) is 1.61. The highest BCUT2D eigenvalue weighted by Crippen LogP contribution is 2.08. The largest absolute Gasteiger partial charge is 0.480 e. The highest BCUT2D eigenvalue weighted by molar-refractivity contribution is 5.82. The minimum absolute atomic E-state index is 0.0985. The number of urea groups is 1. The number of amides is 2. The molecule has 0 aromatic rings. The lowest BCUT2D eigenvalue weighted by molar-refractivity contribution is -0.140. The predicted molar refractivity (Wildman–Crippen MR) is 71.5 cm³/mol. The van der Waals surface area contributed by atoms with Crippen LogP contribution in [0.25, 0.3) is 0 Å². The average Bonchev–Trinajstić information content (AvgIpc) is 2.34. The first kappa shape index (κ1) is 16.5. The monoisotopic (exact) mass is 256 g/mol. The molecule has 104 valence electrons. The lowest BCUT2D eigenvalue weighted by Crippen LogP contribution is -2.50. The SMILES string of the molecule is C=CCN(CCC)C(=O)N[C@H](C(=O)O)[C@@H](C)CC. The Morgan fingerprint density at radius 1 is 1.44 bits per heavy atom. The van der Waals surface area contributed by atoms with E-state index in [2.05, 4.69) is 11.9 Å². The Labute approximate surface area is 109 Å². The Kier molecular flexibility index (Phi) is 7.83. The third-order valence-corrected chi connectivity index (χ3v) is 2.89. The van der Waals surface area contributed by atoms with Crippen LogP contribution in [0.5, 0.6) is 0 Å². The highest BCUT2D eigenvalue weighted by atomic mass is 16.4. The molecule has 0 radical (unpaired) electrons. The molecule has 0 aliphatic heterocycles. The van der Waals surface area contributed by atoms with Gasteiger partial charge in [0.15, 0.2) is 0 Å². The maximum Gasteiger partial charge on any atom is 0.326 e. The quantitative estimate of drug-likeness (QED) is 0.653. The molecule has 0 aromatic carbocycles. The fourth-order valence-corrected chi connectivity index (χ4v) is 1.61. The molecule has 0 rings (SSSR count). The number of carboxylic acids is 1. The van der Waals surface area contributed by atoms with Gasteiger partial charge in [-0.25, -0.2) is 9.59 Å². The van der Waals surface area contributed by atoms with E-state index in [4.69, 9.17) is 5.11 Å². The minimum atomic E-state index is -0.993. The number of carboxylic acid groups (broad SMARTS) is 1. The third kappa shape index (κ3) is 5.21. The zero-order valence-corrected chi connectivity index (χ0v) is 11.5. The van der Waals surface area contributed by atoms with Crippen molar-refractivity contribution < 1.29 is 14.7 Å². The van der Waals surface area contributed by atoms with Gasteiger partial charge in [0, 0.05) is 13.1 Å². The Bertz CT molecular complexity index is 292. The molecule has 0 fully saturated rings. The molecule has 2 amide bonds. The number of carbonyl (C=O) groups is 2. The van der Waals surface area contributed by atoms with Crippen molar-refractivity contribution in [3.05, 3.63) is 12.7 Å². The summed E-state index contributed by atoms with van der Waals surface area (Å²) in [5, 5.41) is 11.7. The van der Waals surface area contributed by atoms with Gasteiger partial charge >= 0.3 is 12.0 Å². The van der Waals surface area contributed by atoms with Crippen molar-refractivity contribution in [1.29, 1.82) is 0 Å². The second-order valence-electron chi connectivity index (χ2n) is 4.39. The van der Waals surface area contributed by atoms with Crippen molar-refractivity contribution in [3.63, 3.8) is 0 Å². The number of rotatable bonds is 8. The summed E-state index contributed by atoms with van der Waals surface area (Å²) in [6.45, 7) is 10.3. The lowest BCUT2D eigenvalue weighted by atomic mass is 9.99. The van der Waals surface area contributed by atoms with Crippen molar-refractivity contribution in [1.82, 2.24) is 10.2 Å². The molecule has 2 N–H and O–H groups in total. The Balaban J connectivity index is 4.64. The van der Waals surface area contributed by atoms with E-state index in [1.54, 1.807) is 11.0 Å².